The third-order valence-corrected chi connectivity index (χ3v) is 7.84. The van der Waals surface area contributed by atoms with Crippen molar-refractivity contribution in [3.63, 3.8) is 0 Å². The van der Waals surface area contributed by atoms with Crippen LogP contribution in [0.2, 0.25) is 0 Å². The van der Waals surface area contributed by atoms with Gasteiger partial charge in [-0.2, -0.15) is 0 Å². The van der Waals surface area contributed by atoms with Crippen molar-refractivity contribution in [2.24, 2.45) is 5.16 Å². The highest BCUT2D eigenvalue weighted by atomic mass is 35.5. The number of amides is 3. The van der Waals surface area contributed by atoms with Crippen molar-refractivity contribution in [1.82, 2.24) is 25.0 Å². The Morgan fingerprint density at radius 3 is 2.53 bits per heavy atom. The summed E-state index contributed by atoms with van der Waals surface area (Å²) in [4.78, 5) is 63.7. The van der Waals surface area contributed by atoms with E-state index in [1.807, 2.05) is 7.05 Å². The predicted octanol–water partition coefficient (Wildman–Crippen LogP) is 0.0420. The van der Waals surface area contributed by atoms with Crippen LogP contribution in [0, 0.1) is 0 Å². The van der Waals surface area contributed by atoms with Crippen molar-refractivity contribution < 1.29 is 33.9 Å². The van der Waals surface area contributed by atoms with Crippen molar-refractivity contribution in [3.05, 3.63) is 22.3 Å². The lowest BCUT2D eigenvalue weighted by molar-refractivity contribution is -0.150. The van der Waals surface area contributed by atoms with E-state index in [1.54, 1.807) is 4.90 Å². The van der Waals surface area contributed by atoms with Gasteiger partial charge in [0.1, 0.15) is 36.5 Å². The van der Waals surface area contributed by atoms with E-state index in [4.69, 9.17) is 15.3 Å². The molecule has 1 aromatic heterocycles. The Labute approximate surface area is 238 Å². The second-order valence-electron chi connectivity index (χ2n) is 8.16. The molecule has 3 aliphatic rings. The number of thiazole rings is 1. The van der Waals surface area contributed by atoms with Crippen LogP contribution in [0.25, 0.3) is 0 Å². The summed E-state index contributed by atoms with van der Waals surface area (Å²) in [6, 6.07) is -0.982. The minimum atomic E-state index is -1.32. The number of halogens is 2. The number of hydrogen-bond acceptors (Lipinski definition) is 12. The number of thioether (sulfide) groups is 1. The summed E-state index contributed by atoms with van der Waals surface area (Å²) >= 11 is 2.37. The summed E-state index contributed by atoms with van der Waals surface area (Å²) < 4.78 is 5.36. The highest BCUT2D eigenvalue weighted by molar-refractivity contribution is 8.00. The van der Waals surface area contributed by atoms with Gasteiger partial charge in [0, 0.05) is 42.9 Å². The Hall–Kier alpha value is -2.79. The zero-order valence-corrected chi connectivity index (χ0v) is 23.6. The number of aromatic nitrogens is 1. The fourth-order valence-corrected chi connectivity index (χ4v) is 5.80. The smallest absolute Gasteiger partial charge is 0.410 e. The van der Waals surface area contributed by atoms with Gasteiger partial charge in [-0.15, -0.1) is 47.9 Å². The molecule has 0 bridgehead atoms. The molecule has 0 aromatic carbocycles. The molecule has 38 heavy (non-hydrogen) atoms. The lowest BCUT2D eigenvalue weighted by Gasteiger charge is -2.49. The maximum Gasteiger partial charge on any atom is 0.410 e. The summed E-state index contributed by atoms with van der Waals surface area (Å²) in [7, 11) is 3.22. The number of β-lactam (4-membered cyclic amide) rings is 1. The third kappa shape index (κ3) is 6.43. The summed E-state index contributed by atoms with van der Waals surface area (Å²) in [5.41, 5.74) is 5.72. The van der Waals surface area contributed by atoms with E-state index in [2.05, 4.69) is 20.4 Å². The van der Waals surface area contributed by atoms with E-state index in [-0.39, 0.29) is 59.4 Å². The summed E-state index contributed by atoms with van der Waals surface area (Å²) in [6.45, 7) is 2.23. The molecule has 0 aliphatic carbocycles. The summed E-state index contributed by atoms with van der Waals surface area (Å²) in [5.74, 6) is -2.42. The number of anilines is 1. The first kappa shape index (κ1) is 31.4. The maximum atomic E-state index is 12.9. The van der Waals surface area contributed by atoms with Crippen molar-refractivity contribution in [1.29, 1.82) is 0 Å². The van der Waals surface area contributed by atoms with Crippen LogP contribution in [0.1, 0.15) is 5.69 Å². The number of likely N-dealkylation sites (N-methyl/N-ethyl adjacent to an activating group) is 1. The van der Waals surface area contributed by atoms with E-state index in [0.29, 0.717) is 18.7 Å². The van der Waals surface area contributed by atoms with Gasteiger partial charge in [-0.3, -0.25) is 14.5 Å². The molecule has 2 atom stereocenters. The van der Waals surface area contributed by atoms with Gasteiger partial charge in [0.05, 0.1) is 0 Å². The summed E-state index contributed by atoms with van der Waals surface area (Å²) in [5, 5.41) is 17.2. The molecule has 0 radical (unpaired) electrons. The topological polar surface area (TPSA) is 180 Å². The van der Waals surface area contributed by atoms with Crippen LogP contribution in [0.5, 0.6) is 0 Å². The molecule has 3 amide bonds. The molecule has 3 aliphatic heterocycles. The number of aliphatic carboxylic acids is 1. The minimum Gasteiger partial charge on any atom is -0.477 e. The van der Waals surface area contributed by atoms with Crippen LogP contribution in [-0.2, 0) is 24.0 Å². The molecule has 2 unspecified atom stereocenters. The highest BCUT2D eigenvalue weighted by Gasteiger charge is 2.54. The van der Waals surface area contributed by atoms with E-state index < -0.39 is 35.3 Å². The predicted molar refractivity (Wildman–Crippen MR) is 145 cm³/mol. The number of carboxylic acids is 1. The first-order valence-corrected chi connectivity index (χ1v) is 12.8. The van der Waals surface area contributed by atoms with Gasteiger partial charge in [0.25, 0.3) is 11.8 Å². The number of nitrogens with zero attached hydrogens (tertiary/aromatic N) is 5. The van der Waals surface area contributed by atoms with Gasteiger partial charge in [-0.25, -0.2) is 14.6 Å². The SMILES string of the molecule is CO/N=C(/C(=O)NC1C(=O)N2C(C(=O)O)=C(COC(=O)N3CCN(C)CC3)CSC12)c1csc(N)n1.Cl.Cl. The van der Waals surface area contributed by atoms with Gasteiger partial charge in [-0.1, -0.05) is 5.16 Å². The van der Waals surface area contributed by atoms with Gasteiger partial charge in [-0.05, 0) is 7.05 Å². The Kier molecular flexibility index (Phi) is 11.0. The standard InChI is InChI=1S/C20H25N7O7S2.2ClH/c1-25-3-5-26(6-4-25)20(32)34-7-10-8-35-17-13(16(29)27(17)14(10)18(30)31)23-15(28)12(24-33-2)11-9-36-19(21)22-11;;/h9,13,17H,3-8H2,1-2H3,(H2,21,22)(H,23,28)(H,30,31);2*1H/b24-12+;;. The number of nitrogens with one attached hydrogen (secondary N) is 1. The second-order valence-corrected chi connectivity index (χ2v) is 10.2. The highest BCUT2D eigenvalue weighted by Crippen LogP contribution is 2.40. The molecule has 1 aromatic rings. The van der Waals surface area contributed by atoms with Crippen LogP contribution in [0.3, 0.4) is 0 Å². The quantitative estimate of drug-likeness (QED) is 0.215. The molecule has 2 fully saturated rings. The lowest BCUT2D eigenvalue weighted by atomic mass is 10.0. The zero-order chi connectivity index (χ0) is 26.0. The average molecular weight is 613 g/mol. The molecule has 14 nitrogen and oxygen atoms in total. The number of ether oxygens (including phenoxy) is 1. The Morgan fingerprint density at radius 2 is 1.95 bits per heavy atom. The fourth-order valence-electron chi connectivity index (χ4n) is 3.93. The number of nitrogen functional groups attached to an aromatic ring is 1. The van der Waals surface area contributed by atoms with E-state index in [1.165, 1.54) is 24.3 Å². The van der Waals surface area contributed by atoms with Gasteiger partial charge in [0.15, 0.2) is 10.8 Å². The average Bonchev–Trinajstić information content (AvgIpc) is 3.29. The molecule has 18 heteroatoms. The van der Waals surface area contributed by atoms with Crippen LogP contribution < -0.4 is 11.1 Å². The van der Waals surface area contributed by atoms with Gasteiger partial charge < -0.3 is 35.5 Å². The van der Waals surface area contributed by atoms with E-state index >= 15 is 0 Å². The first-order valence-electron chi connectivity index (χ1n) is 10.8. The number of hydrogen-bond donors (Lipinski definition) is 3. The number of oxime groups is 1. The first-order chi connectivity index (χ1) is 17.2. The number of carbonyl (C=O) groups excluding carboxylic acids is 3. The molecule has 4 heterocycles. The Bertz CT molecular complexity index is 1140. The molecule has 4 rings (SSSR count). The molecule has 0 saturated carbocycles. The van der Waals surface area contributed by atoms with Crippen LogP contribution in [0.4, 0.5) is 9.93 Å². The normalized spacial score (nSPS) is 21.4. The monoisotopic (exact) mass is 611 g/mol. The van der Waals surface area contributed by atoms with Crippen molar-refractivity contribution in [2.45, 2.75) is 11.4 Å². The van der Waals surface area contributed by atoms with E-state index in [9.17, 15) is 24.3 Å². The zero-order valence-electron chi connectivity index (χ0n) is 20.3. The van der Waals surface area contributed by atoms with Crippen molar-refractivity contribution in [2.75, 3.05) is 58.4 Å². The van der Waals surface area contributed by atoms with E-state index in [0.717, 1.165) is 29.3 Å². The molecular weight excluding hydrogens is 585 g/mol. The van der Waals surface area contributed by atoms with Crippen molar-refractivity contribution in [3.8, 4) is 0 Å². The van der Waals surface area contributed by atoms with Crippen LogP contribution in [-0.4, -0.2) is 118 Å². The molecule has 0 spiro atoms. The van der Waals surface area contributed by atoms with Crippen LogP contribution in [0.15, 0.2) is 21.8 Å². The molecule has 210 valence electrons. The second kappa shape index (κ2) is 13.3. The minimum absolute atomic E-state index is 0. The Balaban J connectivity index is 0.00000253. The fraction of sp³-hybridized carbons (Fsp3) is 0.500. The number of rotatable bonds is 7. The maximum absolute atomic E-state index is 12.9. The number of carboxylic acid groups (broad SMARTS) is 1. The van der Waals surface area contributed by atoms with Crippen LogP contribution >= 0.6 is 47.9 Å². The Morgan fingerprint density at radius 1 is 1.26 bits per heavy atom. The lowest BCUT2D eigenvalue weighted by Crippen LogP contribution is -2.71. The third-order valence-electron chi connectivity index (χ3n) is 5.83. The van der Waals surface area contributed by atoms with Gasteiger partial charge >= 0.3 is 12.1 Å². The van der Waals surface area contributed by atoms with Crippen molar-refractivity contribution >= 4 is 82.6 Å². The van der Waals surface area contributed by atoms with Gasteiger partial charge in [0.2, 0.25) is 0 Å². The number of fused-ring (bicyclic) bond motifs is 1. The number of carbonyl (C=O) groups is 4. The largest absolute Gasteiger partial charge is 0.477 e. The summed E-state index contributed by atoms with van der Waals surface area (Å²) in [6.07, 6.45) is -0.528. The number of nitrogens with two attached hydrogens (primary N) is 1. The molecule has 4 N–H and O–H groups in total. The molecular formula is C20H27Cl2N7O7S2. The number of piperazine rings is 1. The molecule has 2 saturated heterocycles.